The summed E-state index contributed by atoms with van der Waals surface area (Å²) in [5.74, 6) is 2.18. The number of hydrogen-bond acceptors (Lipinski definition) is 2. The van der Waals surface area contributed by atoms with Crippen LogP contribution in [0.4, 0.5) is 0 Å². The third kappa shape index (κ3) is 5.47. The first-order chi connectivity index (χ1) is 28.0. The number of hydrogen-bond donors (Lipinski definition) is 0. The van der Waals surface area contributed by atoms with Crippen LogP contribution in [0.2, 0.25) is 0 Å². The van der Waals surface area contributed by atoms with E-state index in [-0.39, 0.29) is 0 Å². The highest BCUT2D eigenvalue weighted by molar-refractivity contribution is 5.84. The molecular formula is C49H42N6+2. The first-order valence-electron chi connectivity index (χ1n) is 20.3. The summed E-state index contributed by atoms with van der Waals surface area (Å²) in [6.45, 7) is 2.06. The van der Waals surface area contributed by atoms with Gasteiger partial charge in [0.15, 0.2) is 23.4 Å². The summed E-state index contributed by atoms with van der Waals surface area (Å²) in [5.41, 5.74) is 18.9. The first-order valence-corrected chi connectivity index (χ1v) is 18.8. The number of pyridine rings is 2. The largest absolute Gasteiger partial charge is 0.295 e. The molecule has 0 atom stereocenters. The number of nitrogens with zero attached hydrogens (tertiary/aromatic N) is 6. The van der Waals surface area contributed by atoms with Crippen molar-refractivity contribution in [2.45, 2.75) is 33.5 Å². The van der Waals surface area contributed by atoms with Crippen LogP contribution < -0.4 is 9.13 Å². The fourth-order valence-corrected chi connectivity index (χ4v) is 8.50. The van der Waals surface area contributed by atoms with Gasteiger partial charge in [-0.1, -0.05) is 96.6 Å². The molecule has 6 heteroatoms. The molecule has 0 N–H and O–H groups in total. The molecule has 0 aliphatic carbocycles. The molecule has 0 fully saturated rings. The maximum atomic E-state index is 7.64. The van der Waals surface area contributed by atoms with Crippen LogP contribution >= 0.6 is 0 Å². The van der Waals surface area contributed by atoms with Gasteiger partial charge in [-0.05, 0) is 78.3 Å². The van der Waals surface area contributed by atoms with E-state index in [0.29, 0.717) is 5.56 Å². The van der Waals surface area contributed by atoms with Crippen LogP contribution in [0.25, 0.3) is 67.1 Å². The molecule has 55 heavy (non-hydrogen) atoms. The number of fused-ring (bicyclic) bond motifs is 10. The van der Waals surface area contributed by atoms with Gasteiger partial charge in [-0.25, -0.2) is 9.97 Å². The Kier molecular flexibility index (Phi) is 6.89. The second-order valence-corrected chi connectivity index (χ2v) is 14.8. The van der Waals surface area contributed by atoms with E-state index in [4.69, 9.17) is 14.1 Å². The van der Waals surface area contributed by atoms with Crippen LogP contribution in [0.15, 0.2) is 140 Å². The fraction of sp³-hybridized carbons (Fsp3) is 0.143. The minimum atomic E-state index is -2.09. The van der Waals surface area contributed by atoms with Crippen molar-refractivity contribution in [1.29, 1.82) is 0 Å². The lowest BCUT2D eigenvalue weighted by molar-refractivity contribution is -0.659. The zero-order valence-corrected chi connectivity index (χ0v) is 31.4. The third-order valence-electron chi connectivity index (χ3n) is 11.2. The second-order valence-electron chi connectivity index (χ2n) is 14.8. The molecule has 0 saturated heterocycles. The van der Waals surface area contributed by atoms with Gasteiger partial charge < -0.3 is 0 Å². The molecule has 2 aliphatic heterocycles. The Balaban J connectivity index is 0.000000141. The Morgan fingerprint density at radius 2 is 1.11 bits per heavy atom. The Morgan fingerprint density at radius 1 is 0.545 bits per heavy atom. The predicted molar refractivity (Wildman–Crippen MR) is 221 cm³/mol. The maximum Gasteiger partial charge on any atom is 0.214 e. The molecule has 6 nitrogen and oxygen atoms in total. The molecule has 0 saturated carbocycles. The lowest BCUT2D eigenvalue weighted by Gasteiger charge is -2.09. The van der Waals surface area contributed by atoms with E-state index >= 15 is 0 Å². The van der Waals surface area contributed by atoms with Crippen molar-refractivity contribution in [3.8, 4) is 45.0 Å². The van der Waals surface area contributed by atoms with E-state index in [1.807, 2.05) is 20.0 Å². The topological polar surface area (TPSA) is 43.4 Å². The van der Waals surface area contributed by atoms with Gasteiger partial charge in [0.1, 0.15) is 25.7 Å². The summed E-state index contributed by atoms with van der Waals surface area (Å²) in [5, 5.41) is 0. The average molecular weight is 718 g/mol. The smallest absolute Gasteiger partial charge is 0.214 e. The van der Waals surface area contributed by atoms with Crippen molar-refractivity contribution >= 4 is 22.1 Å². The Bertz CT molecular complexity index is 3100. The highest BCUT2D eigenvalue weighted by Gasteiger charge is 2.27. The molecule has 0 radical (unpaired) electrons. The predicted octanol–water partition coefficient (Wildman–Crippen LogP) is 9.43. The Labute approximate surface area is 325 Å². The minimum Gasteiger partial charge on any atom is -0.295 e. The molecule has 266 valence electrons. The van der Waals surface area contributed by atoms with Crippen molar-refractivity contribution in [3.63, 3.8) is 0 Å². The van der Waals surface area contributed by atoms with Gasteiger partial charge in [-0.2, -0.15) is 9.13 Å². The summed E-state index contributed by atoms with van der Waals surface area (Å²) in [4.78, 5) is 9.77. The summed E-state index contributed by atoms with van der Waals surface area (Å²) in [6, 6.07) is 44.2. The van der Waals surface area contributed by atoms with Crippen LogP contribution in [0, 0.1) is 20.7 Å². The highest BCUT2D eigenvalue weighted by atomic mass is 15.1. The summed E-state index contributed by atoms with van der Waals surface area (Å²) in [7, 11) is 4.12. The van der Waals surface area contributed by atoms with E-state index in [0.717, 1.165) is 57.9 Å². The lowest BCUT2D eigenvalue weighted by Crippen LogP contribution is -2.30. The molecule has 11 rings (SSSR count). The van der Waals surface area contributed by atoms with Crippen LogP contribution in [0.1, 0.15) is 43.6 Å². The van der Waals surface area contributed by atoms with Gasteiger partial charge in [0.25, 0.3) is 0 Å². The summed E-state index contributed by atoms with van der Waals surface area (Å²) in [6.07, 6.45) is 5.95. The standard InChI is InChI=1S/C27H22N3.C22H20N3/c1-18-12-13-20(19-8-4-3-5-9-19)14-22(18)25-16-26-23(17-29(25)2)28-27-15-21-10-6-7-11-24(21)30(26)27;1-14-8-9-17(15(2)10-14)20-12-21-18(13-24(20)3)23-22-11-16-6-4-5-7-19(16)25(21)22/h3-14,16-17H,15H2,1-2H3;4-10,12-13H,11H2,1-3H3/q2*+1/i;1D3. The van der Waals surface area contributed by atoms with Crippen molar-refractivity contribution in [1.82, 2.24) is 19.1 Å². The molecule has 2 aliphatic rings. The molecule has 0 spiro atoms. The van der Waals surface area contributed by atoms with E-state index < -0.39 is 6.85 Å². The maximum absolute atomic E-state index is 7.64. The summed E-state index contributed by atoms with van der Waals surface area (Å²) < 4.78 is 31.8. The lowest BCUT2D eigenvalue weighted by atomic mass is 9.97. The molecule has 9 aromatic rings. The molecular weight excluding hydrogens is 673 g/mol. The fourth-order valence-electron chi connectivity index (χ4n) is 8.50. The average Bonchev–Trinajstić information content (AvgIpc) is 3.95. The van der Waals surface area contributed by atoms with Crippen molar-refractivity contribution in [3.05, 3.63) is 179 Å². The number of rotatable bonds is 3. The number of aromatic nitrogens is 6. The van der Waals surface area contributed by atoms with Gasteiger partial charge in [-0.15, -0.1) is 0 Å². The van der Waals surface area contributed by atoms with E-state index in [1.54, 1.807) is 12.1 Å². The van der Waals surface area contributed by atoms with E-state index in [2.05, 4.69) is 154 Å². The van der Waals surface area contributed by atoms with Crippen molar-refractivity contribution < 1.29 is 13.2 Å². The van der Waals surface area contributed by atoms with Gasteiger partial charge in [0.05, 0.1) is 22.4 Å². The highest BCUT2D eigenvalue weighted by Crippen LogP contribution is 2.35. The number of para-hydroxylation sites is 2. The molecule has 5 aromatic carbocycles. The normalized spacial score (nSPS) is 13.3. The molecule has 0 amide bonds. The quantitative estimate of drug-likeness (QED) is 0.171. The molecule has 6 heterocycles. The van der Waals surface area contributed by atoms with E-state index in [9.17, 15) is 0 Å². The Morgan fingerprint density at radius 3 is 1.69 bits per heavy atom. The first kappa shape index (κ1) is 29.8. The molecule has 0 bridgehead atoms. The number of imidazole rings is 2. The van der Waals surface area contributed by atoms with Gasteiger partial charge in [0.2, 0.25) is 11.4 Å². The minimum absolute atomic E-state index is 0.372. The van der Waals surface area contributed by atoms with Gasteiger partial charge in [-0.3, -0.25) is 9.13 Å². The second kappa shape index (κ2) is 12.7. The summed E-state index contributed by atoms with van der Waals surface area (Å²) >= 11 is 0. The van der Waals surface area contributed by atoms with Crippen molar-refractivity contribution in [2.24, 2.45) is 14.1 Å². The zero-order chi connectivity index (χ0) is 39.9. The van der Waals surface area contributed by atoms with Gasteiger partial charge in [0, 0.05) is 40.2 Å². The van der Waals surface area contributed by atoms with Crippen LogP contribution in [-0.4, -0.2) is 19.1 Å². The Hall–Kier alpha value is -6.66. The van der Waals surface area contributed by atoms with Crippen LogP contribution in [0.3, 0.4) is 0 Å². The van der Waals surface area contributed by atoms with Gasteiger partial charge >= 0.3 is 0 Å². The number of aryl methyl sites for hydroxylation is 5. The monoisotopic (exact) mass is 717 g/mol. The number of benzene rings is 5. The van der Waals surface area contributed by atoms with Crippen LogP contribution in [0.5, 0.6) is 0 Å². The SMILES string of the molecule is Cc1ccc(-c2ccccc2)cc1-c1cc2c(c[n+]1C)nc1n2-c2ccccc2C1.[2H]C([2H])([2H])c1ccc(-c2cc3c(c[n+]2C)nc2n3-c3ccccc3C2)c(C)c1. The third-order valence-corrected chi connectivity index (χ3v) is 11.2. The van der Waals surface area contributed by atoms with Crippen molar-refractivity contribution in [2.75, 3.05) is 0 Å². The van der Waals surface area contributed by atoms with Crippen LogP contribution in [-0.2, 0) is 26.9 Å². The van der Waals surface area contributed by atoms with E-state index in [1.165, 1.54) is 56.0 Å². The zero-order valence-electron chi connectivity index (χ0n) is 34.4. The molecule has 4 aromatic heterocycles. The molecule has 0 unspecified atom stereocenters.